The first-order valence-electron chi connectivity index (χ1n) is 5.52. The third-order valence-corrected chi connectivity index (χ3v) is 4.74. The number of hydrogen-bond donors (Lipinski definition) is 2. The first kappa shape index (κ1) is 12.5. The predicted molar refractivity (Wildman–Crippen MR) is 64.9 cm³/mol. The highest BCUT2D eigenvalue weighted by Crippen LogP contribution is 2.63. The lowest BCUT2D eigenvalue weighted by molar-refractivity contribution is 0.256. The highest BCUT2D eigenvalue weighted by atomic mass is 32.2. The van der Waals surface area contributed by atoms with E-state index < -0.39 is 10.0 Å². The van der Waals surface area contributed by atoms with Crippen molar-refractivity contribution in [3.63, 3.8) is 0 Å². The van der Waals surface area contributed by atoms with E-state index in [4.69, 9.17) is 5.14 Å². The second-order valence-corrected chi connectivity index (χ2v) is 6.76. The van der Waals surface area contributed by atoms with Gasteiger partial charge in [-0.25, -0.2) is 13.6 Å². The van der Waals surface area contributed by atoms with E-state index in [-0.39, 0.29) is 22.8 Å². The Hall–Kier alpha value is -0.910. The van der Waals surface area contributed by atoms with Gasteiger partial charge in [-0.3, -0.25) is 0 Å². The molecule has 0 radical (unpaired) electrons. The number of rotatable bonds is 3. The minimum atomic E-state index is -3.62. The van der Waals surface area contributed by atoms with Crippen LogP contribution in [0.1, 0.15) is 25.3 Å². The van der Waals surface area contributed by atoms with Crippen LogP contribution >= 0.6 is 0 Å². The zero-order chi connectivity index (χ0) is 12.8. The number of aliphatic hydroxyl groups excluding tert-OH is 1. The maximum Gasteiger partial charge on any atom is 0.238 e. The summed E-state index contributed by atoms with van der Waals surface area (Å²) in [6.07, 6.45) is 0. The van der Waals surface area contributed by atoms with Crippen molar-refractivity contribution < 1.29 is 13.5 Å². The third-order valence-electron chi connectivity index (χ3n) is 3.81. The van der Waals surface area contributed by atoms with Gasteiger partial charge in [-0.1, -0.05) is 26.0 Å². The van der Waals surface area contributed by atoms with Gasteiger partial charge in [-0.05, 0) is 34.9 Å². The van der Waals surface area contributed by atoms with E-state index in [1.807, 2.05) is 0 Å². The number of primary sulfonamides is 1. The van der Waals surface area contributed by atoms with Gasteiger partial charge in [0.25, 0.3) is 0 Å². The van der Waals surface area contributed by atoms with E-state index in [9.17, 15) is 13.5 Å². The van der Waals surface area contributed by atoms with Crippen LogP contribution in [0, 0.1) is 11.3 Å². The van der Waals surface area contributed by atoms with Crippen LogP contribution in [-0.2, 0) is 10.0 Å². The van der Waals surface area contributed by atoms with Gasteiger partial charge in [-0.2, -0.15) is 0 Å². The molecule has 1 saturated carbocycles. The van der Waals surface area contributed by atoms with E-state index in [0.717, 1.165) is 5.56 Å². The molecule has 0 unspecified atom stereocenters. The summed E-state index contributed by atoms with van der Waals surface area (Å²) < 4.78 is 22.2. The standard InChI is InChI=1S/C12H17NO3S/c1-12(2)10(7-14)11(12)8-3-5-9(6-4-8)17(13,15)16/h3-6,10-11,14H,7H2,1-2H3,(H2,13,15,16)/t10-,11-/m1/s1. The molecule has 1 aliphatic rings. The van der Waals surface area contributed by atoms with Gasteiger partial charge in [0.05, 0.1) is 4.90 Å². The van der Waals surface area contributed by atoms with E-state index in [1.165, 1.54) is 12.1 Å². The topological polar surface area (TPSA) is 80.4 Å². The van der Waals surface area contributed by atoms with Crippen LogP contribution in [0.25, 0.3) is 0 Å². The van der Waals surface area contributed by atoms with Crippen molar-refractivity contribution in [3.05, 3.63) is 29.8 Å². The molecule has 0 aliphatic heterocycles. The van der Waals surface area contributed by atoms with Crippen molar-refractivity contribution in [1.29, 1.82) is 0 Å². The lowest BCUT2D eigenvalue weighted by atomic mass is 10.0. The van der Waals surface area contributed by atoms with Crippen LogP contribution < -0.4 is 5.14 Å². The molecule has 17 heavy (non-hydrogen) atoms. The Morgan fingerprint density at radius 1 is 1.29 bits per heavy atom. The number of hydrogen-bond acceptors (Lipinski definition) is 3. The molecule has 1 aromatic rings. The van der Waals surface area contributed by atoms with E-state index in [2.05, 4.69) is 13.8 Å². The molecule has 3 N–H and O–H groups in total. The fourth-order valence-corrected chi connectivity index (χ4v) is 3.13. The van der Waals surface area contributed by atoms with Crippen LogP contribution in [0.2, 0.25) is 0 Å². The molecule has 2 rings (SSSR count). The molecule has 5 heteroatoms. The van der Waals surface area contributed by atoms with Crippen LogP contribution in [0.3, 0.4) is 0 Å². The minimum Gasteiger partial charge on any atom is -0.396 e. The summed E-state index contributed by atoms with van der Waals surface area (Å²) in [6.45, 7) is 4.37. The molecule has 1 aliphatic carbocycles. The van der Waals surface area contributed by atoms with Crippen LogP contribution in [0.4, 0.5) is 0 Å². The summed E-state index contributed by atoms with van der Waals surface area (Å²) >= 11 is 0. The third kappa shape index (κ3) is 2.10. The van der Waals surface area contributed by atoms with Crippen molar-refractivity contribution in [2.24, 2.45) is 16.5 Å². The minimum absolute atomic E-state index is 0.0812. The Labute approximate surface area is 102 Å². The maximum atomic E-state index is 11.1. The molecule has 94 valence electrons. The summed E-state index contributed by atoms with van der Waals surface area (Å²) in [7, 11) is -3.62. The van der Waals surface area contributed by atoms with E-state index >= 15 is 0 Å². The highest BCUT2D eigenvalue weighted by molar-refractivity contribution is 7.89. The molecular formula is C12H17NO3S. The number of aliphatic hydroxyl groups is 1. The van der Waals surface area contributed by atoms with Gasteiger partial charge in [0.2, 0.25) is 10.0 Å². The van der Waals surface area contributed by atoms with Crippen molar-refractivity contribution in [3.8, 4) is 0 Å². The van der Waals surface area contributed by atoms with Gasteiger partial charge in [0, 0.05) is 6.61 Å². The summed E-state index contributed by atoms with van der Waals surface area (Å²) in [6, 6.07) is 6.60. The average molecular weight is 255 g/mol. The first-order valence-corrected chi connectivity index (χ1v) is 7.06. The maximum absolute atomic E-state index is 11.1. The second-order valence-electron chi connectivity index (χ2n) is 5.20. The van der Waals surface area contributed by atoms with Gasteiger partial charge in [0.1, 0.15) is 0 Å². The van der Waals surface area contributed by atoms with Crippen molar-refractivity contribution >= 4 is 10.0 Å². The number of nitrogens with two attached hydrogens (primary N) is 1. The zero-order valence-corrected chi connectivity index (χ0v) is 10.7. The smallest absolute Gasteiger partial charge is 0.238 e. The molecule has 0 saturated heterocycles. The molecule has 1 aromatic carbocycles. The monoisotopic (exact) mass is 255 g/mol. The SMILES string of the molecule is CC1(C)[C@H](CO)[C@H]1c1ccc(S(N)(=O)=O)cc1. The molecule has 0 heterocycles. The Balaban J connectivity index is 2.27. The molecule has 0 aromatic heterocycles. The second kappa shape index (κ2) is 3.80. The molecule has 2 atom stereocenters. The lowest BCUT2D eigenvalue weighted by Crippen LogP contribution is -2.11. The molecular weight excluding hydrogens is 238 g/mol. The summed E-state index contributed by atoms with van der Waals surface area (Å²) in [4.78, 5) is 0.125. The first-order chi connectivity index (χ1) is 7.78. The molecule has 0 amide bonds. The summed E-state index contributed by atoms with van der Waals surface area (Å²) in [5.41, 5.74) is 1.14. The number of sulfonamides is 1. The number of benzene rings is 1. The quantitative estimate of drug-likeness (QED) is 0.847. The molecule has 1 fully saturated rings. The highest BCUT2D eigenvalue weighted by Gasteiger charge is 2.57. The van der Waals surface area contributed by atoms with E-state index in [1.54, 1.807) is 12.1 Å². The van der Waals surface area contributed by atoms with Crippen molar-refractivity contribution in [2.75, 3.05) is 6.61 Å². The fourth-order valence-electron chi connectivity index (χ4n) is 2.61. The Morgan fingerprint density at radius 2 is 1.82 bits per heavy atom. The summed E-state index contributed by atoms with van der Waals surface area (Å²) in [5, 5.41) is 14.3. The molecule has 4 nitrogen and oxygen atoms in total. The van der Waals surface area contributed by atoms with Crippen LogP contribution in [0.15, 0.2) is 29.2 Å². The van der Waals surface area contributed by atoms with Crippen molar-refractivity contribution in [2.45, 2.75) is 24.7 Å². The average Bonchev–Trinajstić information content (AvgIpc) is 2.79. The van der Waals surface area contributed by atoms with Gasteiger partial charge < -0.3 is 5.11 Å². The summed E-state index contributed by atoms with van der Waals surface area (Å²) in [5.74, 6) is 0.546. The van der Waals surface area contributed by atoms with Gasteiger partial charge >= 0.3 is 0 Å². The Morgan fingerprint density at radius 3 is 2.18 bits per heavy atom. The van der Waals surface area contributed by atoms with E-state index in [0.29, 0.717) is 5.92 Å². The predicted octanol–water partition coefficient (Wildman–Crippen LogP) is 1.07. The fraction of sp³-hybridized carbons (Fsp3) is 0.500. The van der Waals surface area contributed by atoms with Crippen LogP contribution in [0.5, 0.6) is 0 Å². The zero-order valence-electron chi connectivity index (χ0n) is 9.92. The Kier molecular flexibility index (Phi) is 2.80. The lowest BCUT2D eigenvalue weighted by Gasteiger charge is -2.04. The Bertz CT molecular complexity index is 519. The van der Waals surface area contributed by atoms with Gasteiger partial charge in [-0.15, -0.1) is 0 Å². The largest absolute Gasteiger partial charge is 0.396 e. The molecule has 0 spiro atoms. The van der Waals surface area contributed by atoms with Crippen LogP contribution in [-0.4, -0.2) is 20.1 Å². The van der Waals surface area contributed by atoms with Crippen molar-refractivity contribution in [1.82, 2.24) is 0 Å². The van der Waals surface area contributed by atoms with Gasteiger partial charge in [0.15, 0.2) is 0 Å². The normalized spacial score (nSPS) is 26.8. The molecule has 0 bridgehead atoms.